The van der Waals surface area contributed by atoms with Gasteiger partial charge in [-0.05, 0) is 36.2 Å². The lowest BCUT2D eigenvalue weighted by molar-refractivity contribution is 0.101. The van der Waals surface area contributed by atoms with Gasteiger partial charge < -0.3 is 9.05 Å². The fourth-order valence-corrected chi connectivity index (χ4v) is 5.23. The molecule has 1 atom stereocenters. The van der Waals surface area contributed by atoms with Gasteiger partial charge in [0.2, 0.25) is 0 Å². The third-order valence-electron chi connectivity index (χ3n) is 5.12. The zero-order valence-electron chi connectivity index (χ0n) is 16.4. The van der Waals surface area contributed by atoms with Gasteiger partial charge in [0, 0.05) is 16.7 Å². The molecular weight excluding hydrogens is 391 g/mol. The van der Waals surface area contributed by atoms with Crippen LogP contribution in [-0.2, 0) is 0 Å². The van der Waals surface area contributed by atoms with Crippen LogP contribution < -0.4 is 14.4 Å². The van der Waals surface area contributed by atoms with Gasteiger partial charge in [-0.15, -0.1) is 0 Å². The lowest BCUT2D eigenvalue weighted by atomic mass is 9.97. The number of fused-ring (bicyclic) bond motifs is 3. The van der Waals surface area contributed by atoms with E-state index < -0.39 is 8.38 Å². The number of rotatable bonds is 4. The van der Waals surface area contributed by atoms with Crippen LogP contribution >= 0.6 is 8.38 Å². The summed E-state index contributed by atoms with van der Waals surface area (Å²) in [5, 5.41) is 1.04. The Hall–Kier alpha value is -3.42. The number of carbonyl (C=O) groups excluding carboxylic acids is 1. The van der Waals surface area contributed by atoms with E-state index in [1.807, 2.05) is 78.9 Å². The van der Waals surface area contributed by atoms with Crippen LogP contribution in [0.5, 0.6) is 11.5 Å². The first-order valence-corrected chi connectivity index (χ1v) is 10.9. The second kappa shape index (κ2) is 7.78. The van der Waals surface area contributed by atoms with Crippen molar-refractivity contribution < 1.29 is 13.8 Å². The summed E-state index contributed by atoms with van der Waals surface area (Å²) in [4.78, 5) is 12.2. The quantitative estimate of drug-likeness (QED) is 0.280. The van der Waals surface area contributed by atoms with Crippen molar-refractivity contribution >= 4 is 19.5 Å². The predicted octanol–water partition coefficient (Wildman–Crippen LogP) is 6.63. The van der Waals surface area contributed by atoms with Crippen LogP contribution in [-0.4, -0.2) is 5.78 Å². The van der Waals surface area contributed by atoms with Crippen LogP contribution in [0.25, 0.3) is 22.3 Å². The van der Waals surface area contributed by atoms with E-state index in [0.717, 1.165) is 33.3 Å². The lowest BCUT2D eigenvalue weighted by Crippen LogP contribution is -2.17. The van der Waals surface area contributed by atoms with Gasteiger partial charge in [-0.25, -0.2) is 0 Å². The van der Waals surface area contributed by atoms with Crippen molar-refractivity contribution in [2.24, 2.45) is 0 Å². The molecule has 0 radical (unpaired) electrons. The molecule has 5 rings (SSSR count). The minimum absolute atomic E-state index is 0.0271. The maximum Gasteiger partial charge on any atom is 0.326 e. The predicted molar refractivity (Wildman–Crippen MR) is 122 cm³/mol. The highest BCUT2D eigenvalue weighted by Crippen LogP contribution is 2.50. The zero-order valence-corrected chi connectivity index (χ0v) is 17.3. The van der Waals surface area contributed by atoms with E-state index in [0.29, 0.717) is 11.3 Å². The Kier molecular flexibility index (Phi) is 4.82. The van der Waals surface area contributed by atoms with Gasteiger partial charge >= 0.3 is 8.38 Å². The number of Topliss-reactive ketones (excluding diaryl/α,β-unsaturated/α-hetero) is 1. The lowest BCUT2D eigenvalue weighted by Gasteiger charge is -2.27. The minimum atomic E-state index is -1.37. The van der Waals surface area contributed by atoms with E-state index in [2.05, 4.69) is 18.2 Å². The number of ketones is 1. The van der Waals surface area contributed by atoms with Gasteiger partial charge in [0.1, 0.15) is 11.5 Å². The Morgan fingerprint density at radius 1 is 0.700 bits per heavy atom. The van der Waals surface area contributed by atoms with Gasteiger partial charge in [-0.3, -0.25) is 4.79 Å². The average molecular weight is 410 g/mol. The van der Waals surface area contributed by atoms with E-state index in [9.17, 15) is 4.79 Å². The van der Waals surface area contributed by atoms with Crippen molar-refractivity contribution in [3.63, 3.8) is 0 Å². The Bertz CT molecular complexity index is 1250. The number of hydrogen-bond acceptors (Lipinski definition) is 3. The molecule has 4 aromatic rings. The van der Waals surface area contributed by atoms with Gasteiger partial charge in [0.15, 0.2) is 5.78 Å². The zero-order chi connectivity index (χ0) is 20.5. The summed E-state index contributed by atoms with van der Waals surface area (Å²) in [5.41, 5.74) is 4.63. The molecule has 1 aliphatic heterocycles. The van der Waals surface area contributed by atoms with Crippen molar-refractivity contribution in [2.45, 2.75) is 6.92 Å². The van der Waals surface area contributed by atoms with Crippen LogP contribution in [0, 0.1) is 0 Å². The first kappa shape index (κ1) is 18.6. The second-order valence-electron chi connectivity index (χ2n) is 7.05. The molecule has 4 aromatic carbocycles. The first-order valence-electron chi connectivity index (χ1n) is 9.76. The molecular formula is C26H19O3P. The topological polar surface area (TPSA) is 35.5 Å². The van der Waals surface area contributed by atoms with Crippen LogP contribution in [0.3, 0.4) is 0 Å². The van der Waals surface area contributed by atoms with Gasteiger partial charge in [0.25, 0.3) is 0 Å². The number of para-hydroxylation sites is 2. The molecule has 30 heavy (non-hydrogen) atoms. The first-order chi connectivity index (χ1) is 14.7. The summed E-state index contributed by atoms with van der Waals surface area (Å²) in [6.45, 7) is 1.59. The molecule has 146 valence electrons. The summed E-state index contributed by atoms with van der Waals surface area (Å²) in [7, 11) is -1.37. The Labute approximate surface area is 176 Å². The maximum absolute atomic E-state index is 12.2. The standard InChI is InChI=1S/C26H19O3P/c1-18(27)19-10-2-3-11-20(19)21-12-4-7-15-24(21)28-30-26-17-9-6-14-23(26)22-13-5-8-16-25(22)29-30/h2-17H,1H3. The average Bonchev–Trinajstić information content (AvgIpc) is 2.79. The number of carbonyl (C=O) groups is 1. The molecule has 0 bridgehead atoms. The van der Waals surface area contributed by atoms with Crippen molar-refractivity contribution in [3.8, 4) is 33.8 Å². The molecule has 3 nitrogen and oxygen atoms in total. The Morgan fingerprint density at radius 2 is 1.30 bits per heavy atom. The van der Waals surface area contributed by atoms with E-state index >= 15 is 0 Å². The van der Waals surface area contributed by atoms with Crippen molar-refractivity contribution in [1.82, 2.24) is 0 Å². The van der Waals surface area contributed by atoms with Crippen LogP contribution in [0.1, 0.15) is 17.3 Å². The van der Waals surface area contributed by atoms with Crippen LogP contribution in [0.15, 0.2) is 97.1 Å². The molecule has 4 heteroatoms. The number of hydrogen-bond donors (Lipinski definition) is 0. The fraction of sp³-hybridized carbons (Fsp3) is 0.0385. The number of benzene rings is 4. The van der Waals surface area contributed by atoms with Crippen molar-refractivity contribution in [3.05, 3.63) is 103 Å². The third-order valence-corrected chi connectivity index (χ3v) is 6.63. The molecule has 0 amide bonds. The largest absolute Gasteiger partial charge is 0.435 e. The van der Waals surface area contributed by atoms with Crippen molar-refractivity contribution in [1.29, 1.82) is 0 Å². The minimum Gasteiger partial charge on any atom is -0.435 e. The summed E-state index contributed by atoms with van der Waals surface area (Å²) in [6, 6.07) is 31.7. The van der Waals surface area contributed by atoms with E-state index in [1.54, 1.807) is 6.92 Å². The van der Waals surface area contributed by atoms with Crippen LogP contribution in [0.2, 0.25) is 0 Å². The molecule has 0 spiro atoms. The fourth-order valence-electron chi connectivity index (χ4n) is 3.72. The molecule has 0 saturated heterocycles. The summed E-state index contributed by atoms with van der Waals surface area (Å²) < 4.78 is 12.8. The third kappa shape index (κ3) is 3.28. The Morgan fingerprint density at radius 3 is 2.10 bits per heavy atom. The van der Waals surface area contributed by atoms with Crippen molar-refractivity contribution in [2.75, 3.05) is 0 Å². The summed E-state index contributed by atoms with van der Waals surface area (Å²) >= 11 is 0. The molecule has 1 aliphatic rings. The molecule has 0 N–H and O–H groups in total. The molecule has 0 aromatic heterocycles. The normalized spacial score (nSPS) is 14.2. The van der Waals surface area contributed by atoms with E-state index in [-0.39, 0.29) is 5.78 Å². The molecule has 1 heterocycles. The molecule has 1 unspecified atom stereocenters. The highest BCUT2D eigenvalue weighted by molar-refractivity contribution is 7.57. The summed E-state index contributed by atoms with van der Waals surface area (Å²) in [6.07, 6.45) is 0. The highest BCUT2D eigenvalue weighted by atomic mass is 31.2. The maximum atomic E-state index is 12.2. The van der Waals surface area contributed by atoms with Crippen LogP contribution in [0.4, 0.5) is 0 Å². The monoisotopic (exact) mass is 410 g/mol. The van der Waals surface area contributed by atoms with E-state index in [4.69, 9.17) is 9.05 Å². The smallest absolute Gasteiger partial charge is 0.326 e. The summed E-state index contributed by atoms with van der Waals surface area (Å²) in [5.74, 6) is 1.55. The molecule has 0 aliphatic carbocycles. The molecule has 0 fully saturated rings. The van der Waals surface area contributed by atoms with Gasteiger partial charge in [0.05, 0.1) is 5.30 Å². The molecule has 0 saturated carbocycles. The Balaban J connectivity index is 1.58. The second-order valence-corrected chi connectivity index (χ2v) is 8.41. The highest BCUT2D eigenvalue weighted by Gasteiger charge is 2.29. The van der Waals surface area contributed by atoms with Gasteiger partial charge in [-0.2, -0.15) is 0 Å². The van der Waals surface area contributed by atoms with E-state index in [1.165, 1.54) is 0 Å². The SMILES string of the molecule is CC(=O)c1ccccc1-c1ccccc1OP1Oc2ccccc2-c2ccccc21. The van der Waals surface area contributed by atoms with Gasteiger partial charge in [-0.1, -0.05) is 78.9 Å².